The summed E-state index contributed by atoms with van der Waals surface area (Å²) in [4.78, 5) is 18.1. The van der Waals surface area contributed by atoms with Crippen LogP contribution in [0.5, 0.6) is 0 Å². The number of likely N-dealkylation sites (N-methyl/N-ethyl adjacent to an activating group) is 1. The normalized spacial score (nSPS) is 13.9. The average Bonchev–Trinajstić information content (AvgIpc) is 3.02. The third kappa shape index (κ3) is 2.78. The lowest BCUT2D eigenvalue weighted by Crippen LogP contribution is -2.20. The highest BCUT2D eigenvalue weighted by Gasteiger charge is 2.24. The van der Waals surface area contributed by atoms with Crippen LogP contribution in [-0.4, -0.2) is 24.5 Å². The van der Waals surface area contributed by atoms with Crippen molar-refractivity contribution in [3.8, 4) is 11.3 Å². The van der Waals surface area contributed by atoms with Gasteiger partial charge in [0.25, 0.3) is 0 Å². The van der Waals surface area contributed by atoms with Crippen molar-refractivity contribution in [1.29, 1.82) is 0 Å². The standard InChI is InChI=1S/C16H19N3OS/c1-10(2)8-17-16-18-13(9-21-16)11-4-5-14-12(6-11)7-15(20)19(14)3/h4-6,9-10H,7-8H2,1-3H3,(H,17,18). The average molecular weight is 301 g/mol. The fourth-order valence-electron chi connectivity index (χ4n) is 2.41. The lowest BCUT2D eigenvalue weighted by Gasteiger charge is -2.10. The minimum Gasteiger partial charge on any atom is -0.361 e. The zero-order valence-corrected chi connectivity index (χ0v) is 13.3. The van der Waals surface area contributed by atoms with E-state index in [0.29, 0.717) is 12.3 Å². The summed E-state index contributed by atoms with van der Waals surface area (Å²) in [5, 5.41) is 6.36. The molecule has 0 radical (unpaired) electrons. The number of anilines is 2. The highest BCUT2D eigenvalue weighted by atomic mass is 32.1. The monoisotopic (exact) mass is 301 g/mol. The van der Waals surface area contributed by atoms with Gasteiger partial charge in [-0.05, 0) is 23.6 Å². The van der Waals surface area contributed by atoms with Crippen LogP contribution in [0.15, 0.2) is 23.6 Å². The van der Waals surface area contributed by atoms with E-state index < -0.39 is 0 Å². The Labute approximate surface area is 128 Å². The van der Waals surface area contributed by atoms with Crippen molar-refractivity contribution in [2.45, 2.75) is 20.3 Å². The summed E-state index contributed by atoms with van der Waals surface area (Å²) in [6, 6.07) is 6.13. The maximum atomic E-state index is 11.7. The molecule has 5 heteroatoms. The zero-order valence-electron chi connectivity index (χ0n) is 12.5. The molecule has 0 aliphatic carbocycles. The van der Waals surface area contributed by atoms with Gasteiger partial charge in [0.15, 0.2) is 5.13 Å². The number of amides is 1. The van der Waals surface area contributed by atoms with Gasteiger partial charge >= 0.3 is 0 Å². The number of rotatable bonds is 4. The molecule has 0 spiro atoms. The Balaban J connectivity index is 1.82. The highest BCUT2D eigenvalue weighted by molar-refractivity contribution is 7.14. The van der Waals surface area contributed by atoms with Gasteiger partial charge in [-0.2, -0.15) is 0 Å². The van der Waals surface area contributed by atoms with Crippen molar-refractivity contribution in [3.05, 3.63) is 29.1 Å². The van der Waals surface area contributed by atoms with E-state index in [-0.39, 0.29) is 5.91 Å². The van der Waals surface area contributed by atoms with Crippen LogP contribution in [0.4, 0.5) is 10.8 Å². The number of fused-ring (bicyclic) bond motifs is 1. The fraction of sp³-hybridized carbons (Fsp3) is 0.375. The van der Waals surface area contributed by atoms with Gasteiger partial charge in [-0.1, -0.05) is 19.9 Å². The summed E-state index contributed by atoms with van der Waals surface area (Å²) in [6.45, 7) is 5.28. The van der Waals surface area contributed by atoms with Crippen molar-refractivity contribution in [3.63, 3.8) is 0 Å². The van der Waals surface area contributed by atoms with Gasteiger partial charge in [0.05, 0.1) is 12.1 Å². The molecule has 1 aromatic carbocycles. The summed E-state index contributed by atoms with van der Waals surface area (Å²) in [5.41, 5.74) is 4.14. The van der Waals surface area contributed by atoms with Crippen molar-refractivity contribution < 1.29 is 4.79 Å². The van der Waals surface area contributed by atoms with E-state index in [2.05, 4.69) is 35.6 Å². The second-order valence-electron chi connectivity index (χ2n) is 5.79. The molecule has 110 valence electrons. The fourth-order valence-corrected chi connectivity index (χ4v) is 3.14. The number of hydrogen-bond donors (Lipinski definition) is 1. The van der Waals surface area contributed by atoms with E-state index in [1.165, 1.54) is 0 Å². The van der Waals surface area contributed by atoms with E-state index in [4.69, 9.17) is 0 Å². The summed E-state index contributed by atoms with van der Waals surface area (Å²) >= 11 is 1.62. The molecule has 2 aromatic rings. The Morgan fingerprint density at radius 3 is 3.00 bits per heavy atom. The van der Waals surface area contributed by atoms with Crippen molar-refractivity contribution >= 4 is 28.1 Å². The first-order chi connectivity index (χ1) is 10.0. The molecule has 2 heterocycles. The molecule has 0 unspecified atom stereocenters. The summed E-state index contributed by atoms with van der Waals surface area (Å²) < 4.78 is 0. The van der Waals surface area contributed by atoms with Crippen molar-refractivity contribution in [1.82, 2.24) is 4.98 Å². The number of aromatic nitrogens is 1. The Morgan fingerprint density at radius 2 is 2.24 bits per heavy atom. The van der Waals surface area contributed by atoms with E-state index in [1.54, 1.807) is 16.2 Å². The molecule has 0 fully saturated rings. The lowest BCUT2D eigenvalue weighted by atomic mass is 10.1. The van der Waals surface area contributed by atoms with Crippen molar-refractivity contribution in [2.24, 2.45) is 5.92 Å². The van der Waals surface area contributed by atoms with Crippen LogP contribution in [0.25, 0.3) is 11.3 Å². The first kappa shape index (κ1) is 14.1. The van der Waals surface area contributed by atoms with E-state index in [1.807, 2.05) is 19.2 Å². The number of nitrogens with zero attached hydrogens (tertiary/aromatic N) is 2. The molecule has 0 atom stereocenters. The molecule has 0 saturated heterocycles. The topological polar surface area (TPSA) is 45.2 Å². The zero-order chi connectivity index (χ0) is 15.0. The van der Waals surface area contributed by atoms with Gasteiger partial charge in [0, 0.05) is 30.2 Å². The Hall–Kier alpha value is -1.88. The molecule has 0 bridgehead atoms. The SMILES string of the molecule is CC(C)CNc1nc(-c2ccc3c(c2)CC(=O)N3C)cs1. The lowest BCUT2D eigenvalue weighted by molar-refractivity contribution is -0.117. The third-order valence-corrected chi connectivity index (χ3v) is 4.42. The Morgan fingerprint density at radius 1 is 1.43 bits per heavy atom. The van der Waals surface area contributed by atoms with E-state index in [9.17, 15) is 4.79 Å². The van der Waals surface area contributed by atoms with Gasteiger partial charge < -0.3 is 10.2 Å². The predicted molar refractivity (Wildman–Crippen MR) is 88.0 cm³/mol. The second-order valence-corrected chi connectivity index (χ2v) is 6.64. The number of nitrogens with one attached hydrogen (secondary N) is 1. The molecular weight excluding hydrogens is 282 g/mol. The smallest absolute Gasteiger partial charge is 0.231 e. The van der Waals surface area contributed by atoms with Gasteiger partial charge in [-0.3, -0.25) is 4.79 Å². The molecule has 1 N–H and O–H groups in total. The number of hydrogen-bond acceptors (Lipinski definition) is 4. The predicted octanol–water partition coefficient (Wildman–Crippen LogP) is 3.40. The largest absolute Gasteiger partial charge is 0.361 e. The number of thiazole rings is 1. The van der Waals surface area contributed by atoms with Crippen LogP contribution in [0.2, 0.25) is 0 Å². The van der Waals surface area contributed by atoms with Gasteiger partial charge in [0.2, 0.25) is 5.91 Å². The van der Waals surface area contributed by atoms with Crippen LogP contribution in [0.3, 0.4) is 0 Å². The minimum absolute atomic E-state index is 0.153. The molecule has 1 aliphatic rings. The maximum absolute atomic E-state index is 11.7. The van der Waals surface area contributed by atoms with Gasteiger partial charge in [0.1, 0.15) is 0 Å². The molecule has 4 nitrogen and oxygen atoms in total. The van der Waals surface area contributed by atoms with E-state index >= 15 is 0 Å². The summed E-state index contributed by atoms with van der Waals surface area (Å²) in [5.74, 6) is 0.749. The van der Waals surface area contributed by atoms with Crippen molar-refractivity contribution in [2.75, 3.05) is 23.8 Å². The van der Waals surface area contributed by atoms with Crippen LogP contribution >= 0.6 is 11.3 Å². The quantitative estimate of drug-likeness (QED) is 0.941. The number of carbonyl (C=O) groups is 1. The van der Waals surface area contributed by atoms with Crippen LogP contribution < -0.4 is 10.2 Å². The first-order valence-corrected chi connectivity index (χ1v) is 8.02. The maximum Gasteiger partial charge on any atom is 0.231 e. The Bertz CT molecular complexity index is 678. The van der Waals surface area contributed by atoms with E-state index in [0.717, 1.165) is 34.2 Å². The number of benzene rings is 1. The minimum atomic E-state index is 0.153. The van der Waals surface area contributed by atoms with Crippen LogP contribution in [0.1, 0.15) is 19.4 Å². The van der Waals surface area contributed by atoms with Gasteiger partial charge in [-0.15, -0.1) is 11.3 Å². The molecular formula is C16H19N3OS. The molecule has 1 aromatic heterocycles. The van der Waals surface area contributed by atoms with Crippen LogP contribution in [-0.2, 0) is 11.2 Å². The molecule has 3 rings (SSSR count). The second kappa shape index (κ2) is 5.48. The highest BCUT2D eigenvalue weighted by Crippen LogP contribution is 2.33. The number of carbonyl (C=O) groups excluding carboxylic acids is 1. The molecule has 1 aliphatic heterocycles. The summed E-state index contributed by atoms with van der Waals surface area (Å²) in [6.07, 6.45) is 0.488. The molecule has 0 saturated carbocycles. The molecule has 21 heavy (non-hydrogen) atoms. The van der Waals surface area contributed by atoms with Crippen LogP contribution in [0, 0.1) is 5.92 Å². The van der Waals surface area contributed by atoms with Gasteiger partial charge in [-0.25, -0.2) is 4.98 Å². The third-order valence-electron chi connectivity index (χ3n) is 3.62. The molecule has 1 amide bonds. The first-order valence-electron chi connectivity index (χ1n) is 7.14. The Kier molecular flexibility index (Phi) is 3.68. The summed E-state index contributed by atoms with van der Waals surface area (Å²) in [7, 11) is 1.82.